The molecule has 0 unspecified atom stereocenters. The van der Waals surface area contributed by atoms with Gasteiger partial charge in [-0.15, -0.1) is 11.5 Å². The van der Waals surface area contributed by atoms with Crippen LogP contribution in [0.3, 0.4) is 0 Å². The number of hydrogen-bond donors (Lipinski definition) is 1. The Labute approximate surface area is 157 Å². The summed E-state index contributed by atoms with van der Waals surface area (Å²) in [5.41, 5.74) is 2.68. The van der Waals surface area contributed by atoms with Crippen LogP contribution in [0.2, 0.25) is 0 Å². The molecule has 0 fully saturated rings. The van der Waals surface area contributed by atoms with E-state index in [-0.39, 0.29) is 17.8 Å². The van der Waals surface area contributed by atoms with Gasteiger partial charge in [0, 0.05) is 24.8 Å². The van der Waals surface area contributed by atoms with Gasteiger partial charge in [-0.3, -0.25) is 9.48 Å². The van der Waals surface area contributed by atoms with Crippen molar-refractivity contribution in [2.24, 2.45) is 7.05 Å². The van der Waals surface area contributed by atoms with Gasteiger partial charge in [0.25, 0.3) is 5.91 Å². The molecule has 3 rings (SSSR count). The number of benzene rings is 1. The monoisotopic (exact) mass is 365 g/mol. The third kappa shape index (κ3) is 6.04. The third-order valence-electron chi connectivity index (χ3n) is 3.34. The number of rotatable bonds is 3. The molecule has 1 aromatic carbocycles. The van der Waals surface area contributed by atoms with E-state index in [1.165, 1.54) is 18.3 Å². The Balaban J connectivity index is 0.000000194. The van der Waals surface area contributed by atoms with Gasteiger partial charge < -0.3 is 5.32 Å². The number of halogens is 1. The molecule has 6 nitrogen and oxygen atoms in total. The first-order chi connectivity index (χ1) is 12.9. The first-order valence-corrected chi connectivity index (χ1v) is 8.25. The van der Waals surface area contributed by atoms with E-state index in [9.17, 15) is 9.18 Å². The number of amides is 1. The van der Waals surface area contributed by atoms with E-state index in [4.69, 9.17) is 6.42 Å². The van der Waals surface area contributed by atoms with Gasteiger partial charge in [0.05, 0.1) is 11.8 Å². The number of nitrogens with one attached hydrogen (secondary N) is 1. The summed E-state index contributed by atoms with van der Waals surface area (Å²) in [5.74, 6) is 2.02. The largest absolute Gasteiger partial charge is 0.350 e. The second kappa shape index (κ2) is 9.25. The molecule has 0 spiro atoms. The molecular formula is C20H20FN5O. The molecule has 0 bridgehead atoms. The molecule has 0 radical (unpaired) electrons. The Bertz CT molecular complexity index is 924. The fourth-order valence-electron chi connectivity index (χ4n) is 2.06. The maximum atomic E-state index is 12.6. The standard InChI is InChI=1S/C11H12N2O.C9H8FN3/c1-4-10-6-5-9(7-12-10)11(14)13-8(2)3;1-13-6-9(11-12-13)7-2-4-8(10)5-3-7/h1,5-8H,2-3H3,(H,13,14);2-6H,1H3. The van der Waals surface area contributed by atoms with Crippen LogP contribution in [0.25, 0.3) is 11.3 Å². The van der Waals surface area contributed by atoms with Crippen molar-refractivity contribution < 1.29 is 9.18 Å². The minimum atomic E-state index is -0.243. The number of aromatic nitrogens is 4. The molecule has 3 aromatic rings. The van der Waals surface area contributed by atoms with Gasteiger partial charge in [-0.2, -0.15) is 0 Å². The number of pyridine rings is 1. The van der Waals surface area contributed by atoms with Crippen LogP contribution < -0.4 is 5.32 Å². The quantitative estimate of drug-likeness (QED) is 0.725. The molecule has 0 atom stereocenters. The number of hydrogen-bond acceptors (Lipinski definition) is 4. The van der Waals surface area contributed by atoms with E-state index >= 15 is 0 Å². The number of carbonyl (C=O) groups is 1. The van der Waals surface area contributed by atoms with Crippen molar-refractivity contribution in [1.29, 1.82) is 0 Å². The van der Waals surface area contributed by atoms with Crippen LogP contribution in [0, 0.1) is 18.2 Å². The second-order valence-electron chi connectivity index (χ2n) is 5.99. The molecule has 0 aliphatic carbocycles. The third-order valence-corrected chi connectivity index (χ3v) is 3.34. The molecule has 2 aromatic heterocycles. The van der Waals surface area contributed by atoms with Gasteiger partial charge in [0.15, 0.2) is 0 Å². The molecule has 138 valence electrons. The minimum absolute atomic E-state index is 0.120. The van der Waals surface area contributed by atoms with Crippen LogP contribution in [0.5, 0.6) is 0 Å². The van der Waals surface area contributed by atoms with E-state index in [1.807, 2.05) is 13.8 Å². The lowest BCUT2D eigenvalue weighted by molar-refractivity contribution is 0.0942. The van der Waals surface area contributed by atoms with Gasteiger partial charge in [0.1, 0.15) is 17.2 Å². The van der Waals surface area contributed by atoms with Crippen LogP contribution in [0.15, 0.2) is 48.8 Å². The Hall–Kier alpha value is -3.53. The summed E-state index contributed by atoms with van der Waals surface area (Å²) in [6.07, 6.45) is 8.41. The number of terminal acetylenes is 1. The van der Waals surface area contributed by atoms with Gasteiger partial charge in [-0.25, -0.2) is 9.37 Å². The topological polar surface area (TPSA) is 72.7 Å². The van der Waals surface area contributed by atoms with Crippen LogP contribution in [-0.4, -0.2) is 31.9 Å². The normalized spacial score (nSPS) is 9.93. The first-order valence-electron chi connectivity index (χ1n) is 8.25. The van der Waals surface area contributed by atoms with E-state index < -0.39 is 0 Å². The summed E-state index contributed by atoms with van der Waals surface area (Å²) >= 11 is 0. The molecule has 2 heterocycles. The zero-order chi connectivity index (χ0) is 19.8. The highest BCUT2D eigenvalue weighted by Gasteiger charge is 2.06. The summed E-state index contributed by atoms with van der Waals surface area (Å²) in [4.78, 5) is 15.4. The van der Waals surface area contributed by atoms with Crippen molar-refractivity contribution in [2.45, 2.75) is 19.9 Å². The lowest BCUT2D eigenvalue weighted by Crippen LogP contribution is -2.30. The summed E-state index contributed by atoms with van der Waals surface area (Å²) in [6.45, 7) is 3.81. The molecule has 0 saturated heterocycles. The summed E-state index contributed by atoms with van der Waals surface area (Å²) < 4.78 is 14.2. The van der Waals surface area contributed by atoms with Crippen molar-refractivity contribution >= 4 is 5.91 Å². The lowest BCUT2D eigenvalue weighted by atomic mass is 10.2. The molecule has 27 heavy (non-hydrogen) atoms. The average molecular weight is 365 g/mol. The fraction of sp³-hybridized carbons (Fsp3) is 0.200. The van der Waals surface area contributed by atoms with Gasteiger partial charge >= 0.3 is 0 Å². The predicted molar refractivity (Wildman–Crippen MR) is 101 cm³/mol. The number of aryl methyl sites for hydroxylation is 1. The van der Waals surface area contributed by atoms with Gasteiger partial charge in [-0.1, -0.05) is 11.1 Å². The van der Waals surface area contributed by atoms with Gasteiger partial charge in [0.2, 0.25) is 0 Å². The van der Waals surface area contributed by atoms with E-state index in [0.717, 1.165) is 11.3 Å². The Morgan fingerprint density at radius 2 is 1.93 bits per heavy atom. The summed E-state index contributed by atoms with van der Waals surface area (Å²) in [5, 5.41) is 10.5. The summed E-state index contributed by atoms with van der Waals surface area (Å²) in [7, 11) is 1.79. The first kappa shape index (κ1) is 19.8. The molecular weight excluding hydrogens is 345 g/mol. The number of carbonyl (C=O) groups excluding carboxylic acids is 1. The molecule has 1 amide bonds. The second-order valence-corrected chi connectivity index (χ2v) is 5.99. The molecule has 0 saturated carbocycles. The molecule has 0 aliphatic rings. The predicted octanol–water partition coefficient (Wildman–Crippen LogP) is 2.82. The van der Waals surface area contributed by atoms with E-state index in [2.05, 4.69) is 26.5 Å². The Morgan fingerprint density at radius 1 is 1.22 bits per heavy atom. The van der Waals surface area contributed by atoms with Crippen LogP contribution >= 0.6 is 0 Å². The average Bonchev–Trinajstić information content (AvgIpc) is 3.09. The van der Waals surface area contributed by atoms with Crippen molar-refractivity contribution in [2.75, 3.05) is 0 Å². The highest BCUT2D eigenvalue weighted by molar-refractivity contribution is 5.94. The van der Waals surface area contributed by atoms with Crippen molar-refractivity contribution in [3.63, 3.8) is 0 Å². The molecule has 1 N–H and O–H groups in total. The van der Waals surface area contributed by atoms with Crippen LogP contribution in [-0.2, 0) is 7.05 Å². The Morgan fingerprint density at radius 3 is 2.41 bits per heavy atom. The lowest BCUT2D eigenvalue weighted by Gasteiger charge is -2.07. The van der Waals surface area contributed by atoms with Gasteiger partial charge in [-0.05, 0) is 50.2 Å². The SMILES string of the molecule is C#Cc1ccc(C(=O)NC(C)C)cn1.Cn1cc(-c2ccc(F)cc2)nn1. The fourth-order valence-corrected chi connectivity index (χ4v) is 2.06. The van der Waals surface area contributed by atoms with Crippen LogP contribution in [0.4, 0.5) is 4.39 Å². The van der Waals surface area contributed by atoms with E-state index in [0.29, 0.717) is 11.3 Å². The highest BCUT2D eigenvalue weighted by Crippen LogP contribution is 2.15. The maximum absolute atomic E-state index is 12.6. The zero-order valence-corrected chi connectivity index (χ0v) is 15.3. The highest BCUT2D eigenvalue weighted by atomic mass is 19.1. The minimum Gasteiger partial charge on any atom is -0.350 e. The maximum Gasteiger partial charge on any atom is 0.253 e. The number of nitrogens with zero attached hydrogens (tertiary/aromatic N) is 4. The molecule has 7 heteroatoms. The van der Waals surface area contributed by atoms with Crippen molar-refractivity contribution in [3.05, 3.63) is 65.9 Å². The summed E-state index contributed by atoms with van der Waals surface area (Å²) in [6, 6.07) is 9.61. The smallest absolute Gasteiger partial charge is 0.253 e. The molecule has 0 aliphatic heterocycles. The zero-order valence-electron chi connectivity index (χ0n) is 15.3. The Kier molecular flexibility index (Phi) is 6.78. The van der Waals surface area contributed by atoms with Crippen molar-refractivity contribution in [3.8, 4) is 23.6 Å². The van der Waals surface area contributed by atoms with Crippen LogP contribution in [0.1, 0.15) is 29.9 Å². The van der Waals surface area contributed by atoms with Crippen molar-refractivity contribution in [1.82, 2.24) is 25.3 Å². The van der Waals surface area contributed by atoms with E-state index in [1.54, 1.807) is 42.2 Å².